The molecule has 0 atom stereocenters. The van der Waals surface area contributed by atoms with Gasteiger partial charge in [0.05, 0.1) is 5.52 Å². The van der Waals surface area contributed by atoms with E-state index in [4.69, 9.17) is 11.6 Å². The van der Waals surface area contributed by atoms with Crippen LogP contribution in [0, 0.1) is 0 Å². The van der Waals surface area contributed by atoms with Gasteiger partial charge in [-0.1, -0.05) is 23.7 Å². The monoisotopic (exact) mass is 222 g/mol. The number of halogens is 1. The maximum atomic E-state index is 11.4. The predicted molar refractivity (Wildman–Crippen MR) is 60.4 cm³/mol. The van der Waals surface area contributed by atoms with Crippen LogP contribution in [0.3, 0.4) is 0 Å². The molecule has 0 N–H and O–H groups in total. The smallest absolute Gasteiger partial charge is 0.160 e. The normalized spacial score (nSPS) is 10.9. The molecule has 1 aromatic heterocycles. The Hall–Kier alpha value is -1.35. The number of ketones is 1. The molecule has 1 heterocycles. The molecule has 3 nitrogen and oxygen atoms in total. The van der Waals surface area contributed by atoms with Gasteiger partial charge in [-0.2, -0.15) is 5.10 Å². The first-order valence-corrected chi connectivity index (χ1v) is 5.19. The molecule has 0 saturated heterocycles. The fourth-order valence-corrected chi connectivity index (χ4v) is 2.00. The zero-order chi connectivity index (χ0) is 11.0. The lowest BCUT2D eigenvalue weighted by atomic mass is 10.1. The van der Waals surface area contributed by atoms with Gasteiger partial charge in [-0.05, 0) is 19.9 Å². The van der Waals surface area contributed by atoms with E-state index in [0.29, 0.717) is 17.3 Å². The maximum Gasteiger partial charge on any atom is 0.160 e. The molecule has 0 spiro atoms. The molecule has 15 heavy (non-hydrogen) atoms. The number of carbonyl (C=O) groups is 1. The van der Waals surface area contributed by atoms with Crippen LogP contribution in [0.2, 0.25) is 5.15 Å². The van der Waals surface area contributed by atoms with E-state index in [1.54, 1.807) is 10.7 Å². The van der Waals surface area contributed by atoms with Gasteiger partial charge in [-0.3, -0.25) is 9.48 Å². The van der Waals surface area contributed by atoms with E-state index in [9.17, 15) is 4.79 Å². The van der Waals surface area contributed by atoms with E-state index in [1.165, 1.54) is 6.92 Å². The second kappa shape index (κ2) is 3.66. The van der Waals surface area contributed by atoms with Crippen LogP contribution >= 0.6 is 11.6 Å². The first-order chi connectivity index (χ1) is 7.15. The molecule has 4 heteroatoms. The summed E-state index contributed by atoms with van der Waals surface area (Å²) in [7, 11) is 0. The van der Waals surface area contributed by atoms with Crippen molar-refractivity contribution in [3.05, 3.63) is 28.9 Å². The molecule has 0 amide bonds. The third kappa shape index (κ3) is 1.53. The van der Waals surface area contributed by atoms with Crippen molar-refractivity contribution in [3.8, 4) is 0 Å². The Bertz CT molecular complexity index is 531. The number of nitrogens with zero attached hydrogens (tertiary/aromatic N) is 2. The summed E-state index contributed by atoms with van der Waals surface area (Å²) in [5.41, 5.74) is 1.41. The summed E-state index contributed by atoms with van der Waals surface area (Å²) in [6.45, 7) is 4.20. The Morgan fingerprint density at radius 1 is 1.53 bits per heavy atom. The maximum absolute atomic E-state index is 11.4. The van der Waals surface area contributed by atoms with Crippen molar-refractivity contribution in [1.82, 2.24) is 9.78 Å². The molecule has 0 unspecified atom stereocenters. The second-order valence-corrected chi connectivity index (χ2v) is 3.72. The lowest BCUT2D eigenvalue weighted by Crippen LogP contribution is -1.95. The van der Waals surface area contributed by atoms with Gasteiger partial charge in [0.25, 0.3) is 0 Å². The number of rotatable bonds is 2. The average molecular weight is 223 g/mol. The van der Waals surface area contributed by atoms with E-state index in [-0.39, 0.29) is 5.78 Å². The Morgan fingerprint density at radius 2 is 2.27 bits per heavy atom. The lowest BCUT2D eigenvalue weighted by Gasteiger charge is -1.98. The van der Waals surface area contributed by atoms with Crippen LogP contribution in [0.15, 0.2) is 18.2 Å². The van der Waals surface area contributed by atoms with Gasteiger partial charge < -0.3 is 0 Å². The zero-order valence-electron chi connectivity index (χ0n) is 8.62. The van der Waals surface area contributed by atoms with Crippen LogP contribution in [0.5, 0.6) is 0 Å². The van der Waals surface area contributed by atoms with Crippen LogP contribution in [0.25, 0.3) is 10.9 Å². The van der Waals surface area contributed by atoms with Crippen molar-refractivity contribution in [2.45, 2.75) is 20.4 Å². The van der Waals surface area contributed by atoms with E-state index in [1.807, 2.05) is 19.1 Å². The predicted octanol–water partition coefficient (Wildman–Crippen LogP) is 2.91. The van der Waals surface area contributed by atoms with E-state index < -0.39 is 0 Å². The van der Waals surface area contributed by atoms with Crippen molar-refractivity contribution in [2.75, 3.05) is 0 Å². The molecule has 2 rings (SSSR count). The first kappa shape index (κ1) is 10.2. The third-order valence-corrected chi connectivity index (χ3v) is 2.77. The Balaban J connectivity index is 2.84. The van der Waals surface area contributed by atoms with Crippen molar-refractivity contribution in [2.24, 2.45) is 0 Å². The van der Waals surface area contributed by atoms with Crippen LogP contribution in [0.1, 0.15) is 24.2 Å². The summed E-state index contributed by atoms with van der Waals surface area (Å²) < 4.78 is 1.69. The molecule has 0 radical (unpaired) electrons. The van der Waals surface area contributed by atoms with Crippen LogP contribution in [0.4, 0.5) is 0 Å². The van der Waals surface area contributed by atoms with Crippen LogP contribution < -0.4 is 0 Å². The Morgan fingerprint density at radius 3 is 2.87 bits per heavy atom. The Labute approximate surface area is 92.6 Å². The van der Waals surface area contributed by atoms with Crippen molar-refractivity contribution in [3.63, 3.8) is 0 Å². The summed E-state index contributed by atoms with van der Waals surface area (Å²) in [5, 5.41) is 5.60. The van der Waals surface area contributed by atoms with E-state index in [2.05, 4.69) is 5.10 Å². The summed E-state index contributed by atoms with van der Waals surface area (Å²) in [4.78, 5) is 11.4. The third-order valence-electron chi connectivity index (χ3n) is 2.38. The molecular formula is C11H11ClN2O. The minimum atomic E-state index is 0.0122. The summed E-state index contributed by atoms with van der Waals surface area (Å²) in [5.74, 6) is 0.0122. The first-order valence-electron chi connectivity index (χ1n) is 4.81. The quantitative estimate of drug-likeness (QED) is 0.733. The fourth-order valence-electron chi connectivity index (χ4n) is 1.65. The highest BCUT2D eigenvalue weighted by Gasteiger charge is 2.13. The highest BCUT2D eigenvalue weighted by molar-refractivity contribution is 6.35. The summed E-state index contributed by atoms with van der Waals surface area (Å²) in [6, 6.07) is 5.46. The van der Waals surface area contributed by atoms with Crippen molar-refractivity contribution in [1.29, 1.82) is 0 Å². The number of benzene rings is 1. The molecular weight excluding hydrogens is 212 g/mol. The highest BCUT2D eigenvalue weighted by atomic mass is 35.5. The van der Waals surface area contributed by atoms with Gasteiger partial charge in [0, 0.05) is 17.5 Å². The highest BCUT2D eigenvalue weighted by Crippen LogP contribution is 2.27. The Kier molecular flexibility index (Phi) is 2.49. The van der Waals surface area contributed by atoms with Gasteiger partial charge >= 0.3 is 0 Å². The number of Topliss-reactive ketones (excluding diaryl/α,β-unsaturated/α-hetero) is 1. The minimum absolute atomic E-state index is 0.0122. The van der Waals surface area contributed by atoms with Gasteiger partial charge in [-0.25, -0.2) is 0 Å². The van der Waals surface area contributed by atoms with E-state index >= 15 is 0 Å². The van der Waals surface area contributed by atoms with Gasteiger partial charge in [0.1, 0.15) is 5.15 Å². The summed E-state index contributed by atoms with van der Waals surface area (Å²) >= 11 is 6.15. The number of hydrogen-bond donors (Lipinski definition) is 0. The molecule has 0 bridgehead atoms. The van der Waals surface area contributed by atoms with Gasteiger partial charge in [0.2, 0.25) is 0 Å². The zero-order valence-corrected chi connectivity index (χ0v) is 9.38. The molecule has 2 aromatic rings. The molecule has 0 saturated carbocycles. The lowest BCUT2D eigenvalue weighted by molar-refractivity contribution is 0.101. The topological polar surface area (TPSA) is 34.9 Å². The molecule has 0 aliphatic heterocycles. The molecule has 0 fully saturated rings. The minimum Gasteiger partial charge on any atom is -0.294 e. The second-order valence-electron chi connectivity index (χ2n) is 3.36. The number of carbonyl (C=O) groups excluding carboxylic acids is 1. The SMILES string of the molecule is CCn1nc2cccc(C(C)=O)c2c1Cl. The standard InChI is InChI=1S/C11H11ClN2O/c1-3-14-11(12)10-8(7(2)15)5-4-6-9(10)13-14/h4-6H,3H2,1-2H3. The number of aromatic nitrogens is 2. The summed E-state index contributed by atoms with van der Waals surface area (Å²) in [6.07, 6.45) is 0. The van der Waals surface area contributed by atoms with Crippen LogP contribution in [-0.4, -0.2) is 15.6 Å². The fraction of sp³-hybridized carbons (Fsp3) is 0.273. The molecule has 1 aromatic carbocycles. The molecule has 78 valence electrons. The number of aryl methyl sites for hydroxylation is 1. The average Bonchev–Trinajstić information content (AvgIpc) is 2.55. The van der Waals surface area contributed by atoms with Crippen molar-refractivity contribution < 1.29 is 4.79 Å². The van der Waals surface area contributed by atoms with Crippen molar-refractivity contribution >= 4 is 28.3 Å². The van der Waals surface area contributed by atoms with E-state index in [0.717, 1.165) is 10.9 Å². The molecule has 0 aliphatic carbocycles. The van der Waals surface area contributed by atoms with Gasteiger partial charge in [0.15, 0.2) is 5.78 Å². The van der Waals surface area contributed by atoms with Crippen LogP contribution in [-0.2, 0) is 6.54 Å². The number of hydrogen-bond acceptors (Lipinski definition) is 2. The molecule has 0 aliphatic rings. The number of fused-ring (bicyclic) bond motifs is 1. The van der Waals surface area contributed by atoms with Gasteiger partial charge in [-0.15, -0.1) is 0 Å². The largest absolute Gasteiger partial charge is 0.294 e.